The lowest BCUT2D eigenvalue weighted by Gasteiger charge is -2.09. The Kier molecular flexibility index (Phi) is 7.46. The molecule has 0 radical (unpaired) electrons. The van der Waals surface area contributed by atoms with Crippen LogP contribution in [0, 0.1) is 11.3 Å². The van der Waals surface area contributed by atoms with Crippen molar-refractivity contribution < 1.29 is 4.79 Å². The topological polar surface area (TPSA) is 56.5 Å². The molecule has 0 aliphatic carbocycles. The first-order valence-electron chi connectivity index (χ1n) is 6.28. The van der Waals surface area contributed by atoms with Crippen molar-refractivity contribution in [1.82, 2.24) is 4.90 Å². The number of Topliss-reactive ketones (excluding diaryl/α,β-unsaturated/α-hetero) is 1. The highest BCUT2D eigenvalue weighted by molar-refractivity contribution is 8.02. The molecule has 1 aromatic rings. The average Bonchev–Trinajstić information content (AvgIpc) is 2.43. The van der Waals surface area contributed by atoms with Crippen LogP contribution in [0.15, 0.2) is 33.8 Å². The van der Waals surface area contributed by atoms with Gasteiger partial charge in [0, 0.05) is 29.9 Å². The SMILES string of the molecule is CC(=O)/C(C#N)=C(\N=C\N(C)C)SCc1c(Cl)cccc1Cl. The van der Waals surface area contributed by atoms with Crippen molar-refractivity contribution in [3.05, 3.63) is 44.4 Å². The van der Waals surface area contributed by atoms with E-state index in [1.807, 2.05) is 6.07 Å². The largest absolute Gasteiger partial charge is 0.369 e. The summed E-state index contributed by atoms with van der Waals surface area (Å²) in [5.41, 5.74) is 0.764. The summed E-state index contributed by atoms with van der Waals surface area (Å²) in [4.78, 5) is 17.5. The van der Waals surface area contributed by atoms with Crippen LogP contribution < -0.4 is 0 Å². The van der Waals surface area contributed by atoms with Crippen molar-refractivity contribution in [1.29, 1.82) is 5.26 Å². The van der Waals surface area contributed by atoms with E-state index in [0.29, 0.717) is 20.8 Å². The second kappa shape index (κ2) is 8.84. The van der Waals surface area contributed by atoms with Crippen LogP contribution in [-0.4, -0.2) is 31.1 Å². The van der Waals surface area contributed by atoms with Crippen molar-refractivity contribution in [2.75, 3.05) is 14.1 Å². The second-order valence-corrected chi connectivity index (χ2v) is 6.32. The van der Waals surface area contributed by atoms with Gasteiger partial charge < -0.3 is 4.90 Å². The van der Waals surface area contributed by atoms with Gasteiger partial charge in [0.05, 0.1) is 6.34 Å². The minimum absolute atomic E-state index is 0.0197. The lowest BCUT2D eigenvalue weighted by molar-refractivity contribution is -0.113. The van der Waals surface area contributed by atoms with Gasteiger partial charge in [-0.2, -0.15) is 5.26 Å². The van der Waals surface area contributed by atoms with Gasteiger partial charge in [0.15, 0.2) is 5.78 Å². The van der Waals surface area contributed by atoms with Gasteiger partial charge in [0.1, 0.15) is 16.7 Å². The van der Waals surface area contributed by atoms with E-state index in [4.69, 9.17) is 28.5 Å². The Hall–Kier alpha value is -1.48. The molecular weight excluding hydrogens is 341 g/mol. The normalized spacial score (nSPS) is 12.0. The minimum atomic E-state index is -0.328. The predicted molar refractivity (Wildman–Crippen MR) is 93.3 cm³/mol. The standard InChI is InChI=1S/C15H15Cl2N3OS/c1-10(21)11(7-18)15(19-9-20(2)3)22-8-12-13(16)5-4-6-14(12)17/h4-6,9H,8H2,1-3H3/b15-11+,19-9+. The van der Waals surface area contributed by atoms with E-state index in [9.17, 15) is 4.79 Å². The Morgan fingerprint density at radius 1 is 1.41 bits per heavy atom. The molecular formula is C15H15Cl2N3OS. The predicted octanol–water partition coefficient (Wildman–Crippen LogP) is 4.14. The number of halogens is 2. The molecule has 7 heteroatoms. The van der Waals surface area contributed by atoms with E-state index in [2.05, 4.69) is 4.99 Å². The number of hydrogen-bond donors (Lipinski definition) is 0. The fourth-order valence-corrected chi connectivity index (χ4v) is 3.17. The summed E-state index contributed by atoms with van der Waals surface area (Å²) in [6.45, 7) is 1.34. The van der Waals surface area contributed by atoms with Gasteiger partial charge in [0.25, 0.3) is 0 Å². The summed E-state index contributed by atoms with van der Waals surface area (Å²) >= 11 is 13.5. The van der Waals surface area contributed by atoms with E-state index < -0.39 is 0 Å². The summed E-state index contributed by atoms with van der Waals surface area (Å²) in [5, 5.41) is 10.6. The number of thioether (sulfide) groups is 1. The lowest BCUT2D eigenvalue weighted by Crippen LogP contribution is -2.08. The third kappa shape index (κ3) is 5.38. The highest BCUT2D eigenvalue weighted by Crippen LogP contribution is 2.32. The van der Waals surface area contributed by atoms with Crippen molar-refractivity contribution >= 4 is 47.1 Å². The zero-order chi connectivity index (χ0) is 16.7. The third-order valence-electron chi connectivity index (χ3n) is 2.50. The van der Waals surface area contributed by atoms with Gasteiger partial charge in [0.2, 0.25) is 0 Å². The number of hydrogen-bond acceptors (Lipinski definition) is 4. The molecule has 0 atom stereocenters. The molecule has 0 heterocycles. The summed E-state index contributed by atoms with van der Waals surface area (Å²) in [7, 11) is 3.60. The Morgan fingerprint density at radius 2 is 2.00 bits per heavy atom. The number of ketones is 1. The summed E-state index contributed by atoms with van der Waals surface area (Å²) in [6.07, 6.45) is 1.54. The molecule has 0 saturated heterocycles. The van der Waals surface area contributed by atoms with Gasteiger partial charge in [-0.05, 0) is 24.6 Å². The van der Waals surface area contributed by atoms with Crippen LogP contribution in [-0.2, 0) is 10.5 Å². The monoisotopic (exact) mass is 355 g/mol. The zero-order valence-corrected chi connectivity index (χ0v) is 14.8. The molecule has 1 aromatic carbocycles. The smallest absolute Gasteiger partial charge is 0.173 e. The first kappa shape index (κ1) is 18.6. The number of nitriles is 1. The molecule has 0 fully saturated rings. The highest BCUT2D eigenvalue weighted by atomic mass is 35.5. The maximum atomic E-state index is 11.6. The molecule has 0 unspecified atom stereocenters. The molecule has 0 aromatic heterocycles. The first-order valence-corrected chi connectivity index (χ1v) is 8.02. The maximum Gasteiger partial charge on any atom is 0.173 e. The Morgan fingerprint density at radius 3 is 2.45 bits per heavy atom. The summed E-state index contributed by atoms with van der Waals surface area (Å²) in [5.74, 6) is 0.0861. The van der Waals surface area contributed by atoms with Crippen LogP contribution in [0.5, 0.6) is 0 Å². The van der Waals surface area contributed by atoms with Crippen molar-refractivity contribution in [3.8, 4) is 6.07 Å². The molecule has 0 N–H and O–H groups in total. The van der Waals surface area contributed by atoms with Crippen molar-refractivity contribution in [3.63, 3.8) is 0 Å². The van der Waals surface area contributed by atoms with Gasteiger partial charge in [-0.25, -0.2) is 4.99 Å². The van der Waals surface area contributed by atoms with Gasteiger partial charge >= 0.3 is 0 Å². The highest BCUT2D eigenvalue weighted by Gasteiger charge is 2.13. The fourth-order valence-electron chi connectivity index (χ4n) is 1.43. The number of benzene rings is 1. The Balaban J connectivity index is 3.10. The van der Waals surface area contributed by atoms with E-state index in [1.54, 1.807) is 37.2 Å². The summed E-state index contributed by atoms with van der Waals surface area (Å²) < 4.78 is 0. The number of carbonyl (C=O) groups is 1. The molecule has 0 spiro atoms. The molecule has 4 nitrogen and oxygen atoms in total. The number of carbonyl (C=O) groups excluding carboxylic acids is 1. The van der Waals surface area contributed by atoms with Gasteiger partial charge in [-0.1, -0.05) is 29.3 Å². The maximum absolute atomic E-state index is 11.6. The van der Waals surface area contributed by atoms with Crippen molar-refractivity contribution in [2.45, 2.75) is 12.7 Å². The Labute approximate surface area is 144 Å². The molecule has 0 bridgehead atoms. The molecule has 116 valence electrons. The van der Waals surface area contributed by atoms with Crippen LogP contribution in [0.3, 0.4) is 0 Å². The second-order valence-electron chi connectivity index (χ2n) is 4.55. The minimum Gasteiger partial charge on any atom is -0.369 e. The first-order chi connectivity index (χ1) is 10.4. The van der Waals surface area contributed by atoms with E-state index >= 15 is 0 Å². The quantitative estimate of drug-likeness (QED) is 0.333. The van der Waals surface area contributed by atoms with Crippen LogP contribution >= 0.6 is 35.0 Å². The van der Waals surface area contributed by atoms with Gasteiger partial charge in [-0.3, -0.25) is 4.79 Å². The number of allylic oxidation sites excluding steroid dienone is 1. The van der Waals surface area contributed by atoms with Crippen LogP contribution in [0.25, 0.3) is 0 Å². The number of nitrogens with zero attached hydrogens (tertiary/aromatic N) is 3. The molecule has 0 aliphatic rings. The molecule has 1 rings (SSSR count). The zero-order valence-electron chi connectivity index (χ0n) is 12.4. The third-order valence-corrected chi connectivity index (χ3v) is 4.22. The van der Waals surface area contributed by atoms with E-state index in [-0.39, 0.29) is 11.4 Å². The van der Waals surface area contributed by atoms with E-state index in [1.165, 1.54) is 25.0 Å². The lowest BCUT2D eigenvalue weighted by atomic mass is 10.2. The number of aliphatic imine (C=N–C) groups is 1. The average molecular weight is 356 g/mol. The molecule has 0 saturated carbocycles. The molecule has 0 amide bonds. The Bertz CT molecular complexity index is 643. The van der Waals surface area contributed by atoms with E-state index in [0.717, 1.165) is 5.56 Å². The van der Waals surface area contributed by atoms with Gasteiger partial charge in [-0.15, -0.1) is 11.8 Å². The number of rotatable bonds is 6. The van der Waals surface area contributed by atoms with Crippen LogP contribution in [0.1, 0.15) is 12.5 Å². The summed E-state index contributed by atoms with van der Waals surface area (Å²) in [6, 6.07) is 7.15. The van der Waals surface area contributed by atoms with Crippen LogP contribution in [0.2, 0.25) is 10.0 Å². The molecule has 22 heavy (non-hydrogen) atoms. The molecule has 0 aliphatic heterocycles. The fraction of sp³-hybridized carbons (Fsp3) is 0.267. The van der Waals surface area contributed by atoms with Crippen molar-refractivity contribution in [2.24, 2.45) is 4.99 Å². The van der Waals surface area contributed by atoms with Crippen LogP contribution in [0.4, 0.5) is 0 Å².